The summed E-state index contributed by atoms with van der Waals surface area (Å²) >= 11 is 12.0. The Labute approximate surface area is 130 Å². The molecule has 5 heteroatoms. The molecule has 0 saturated carbocycles. The van der Waals surface area contributed by atoms with Gasteiger partial charge in [0.1, 0.15) is 0 Å². The molecule has 20 heavy (non-hydrogen) atoms. The van der Waals surface area contributed by atoms with Crippen LogP contribution in [0.15, 0.2) is 18.2 Å². The van der Waals surface area contributed by atoms with E-state index >= 15 is 0 Å². The summed E-state index contributed by atoms with van der Waals surface area (Å²) in [6, 6.07) is 5.81. The van der Waals surface area contributed by atoms with E-state index in [0.29, 0.717) is 27.8 Å². The molecule has 1 fully saturated rings. The lowest BCUT2D eigenvalue weighted by atomic mass is 9.97. The van der Waals surface area contributed by atoms with Gasteiger partial charge in [0.05, 0.1) is 17.3 Å². The molecule has 2 rings (SSSR count). The van der Waals surface area contributed by atoms with E-state index in [0.717, 1.165) is 12.8 Å². The van der Waals surface area contributed by atoms with Crippen molar-refractivity contribution in [1.82, 2.24) is 4.90 Å². The minimum Gasteiger partial charge on any atom is -0.375 e. The summed E-state index contributed by atoms with van der Waals surface area (Å²) in [6.07, 6.45) is 3.35. The number of rotatable bonds is 3. The highest BCUT2D eigenvalue weighted by Gasteiger charge is 2.28. The van der Waals surface area contributed by atoms with Crippen molar-refractivity contribution in [2.24, 2.45) is 0 Å². The average Bonchev–Trinajstić information content (AvgIpc) is 2.39. The number of hydrogen-bond donors (Lipinski definition) is 1. The van der Waals surface area contributed by atoms with Crippen molar-refractivity contribution in [2.75, 3.05) is 11.9 Å². The number of carbonyl (C=O) groups is 1. The predicted molar refractivity (Wildman–Crippen MR) is 84.6 cm³/mol. The topological polar surface area (TPSA) is 32.3 Å². The molecular formula is C15H20Cl2N2O. The van der Waals surface area contributed by atoms with Crippen molar-refractivity contribution in [3.8, 4) is 0 Å². The van der Waals surface area contributed by atoms with Gasteiger partial charge in [0.2, 0.25) is 5.91 Å². The maximum Gasteiger partial charge on any atom is 0.242 e. The van der Waals surface area contributed by atoms with E-state index in [-0.39, 0.29) is 12.5 Å². The monoisotopic (exact) mass is 314 g/mol. The summed E-state index contributed by atoms with van der Waals surface area (Å²) in [4.78, 5) is 14.4. The van der Waals surface area contributed by atoms with Crippen LogP contribution in [0, 0.1) is 0 Å². The van der Waals surface area contributed by atoms with E-state index in [1.54, 1.807) is 18.2 Å². The molecule has 1 aliphatic rings. The summed E-state index contributed by atoms with van der Waals surface area (Å²) in [6.45, 7) is 4.47. The van der Waals surface area contributed by atoms with E-state index < -0.39 is 0 Å². The molecule has 3 nitrogen and oxygen atoms in total. The van der Waals surface area contributed by atoms with Crippen LogP contribution in [0.5, 0.6) is 0 Å². The maximum atomic E-state index is 12.4. The van der Waals surface area contributed by atoms with Crippen molar-refractivity contribution in [2.45, 2.75) is 45.2 Å². The van der Waals surface area contributed by atoms with Gasteiger partial charge in [-0.1, -0.05) is 23.2 Å². The van der Waals surface area contributed by atoms with E-state index in [1.807, 2.05) is 4.90 Å². The van der Waals surface area contributed by atoms with Crippen molar-refractivity contribution in [1.29, 1.82) is 0 Å². The highest BCUT2D eigenvalue weighted by molar-refractivity contribution is 6.35. The Morgan fingerprint density at radius 2 is 1.95 bits per heavy atom. The van der Waals surface area contributed by atoms with Crippen LogP contribution in [-0.4, -0.2) is 29.4 Å². The lowest BCUT2D eigenvalue weighted by molar-refractivity contribution is -0.135. The SMILES string of the molecule is CC1CCCC(C)N1C(=O)CNc1cc(Cl)ccc1Cl. The fourth-order valence-electron chi connectivity index (χ4n) is 2.81. The summed E-state index contributed by atoms with van der Waals surface area (Å²) in [5, 5.41) is 4.26. The van der Waals surface area contributed by atoms with Crippen LogP contribution in [0.25, 0.3) is 0 Å². The van der Waals surface area contributed by atoms with Crippen LogP contribution in [0.1, 0.15) is 33.1 Å². The molecular weight excluding hydrogens is 295 g/mol. The number of nitrogens with one attached hydrogen (secondary N) is 1. The van der Waals surface area contributed by atoms with Crippen molar-refractivity contribution < 1.29 is 4.79 Å². The van der Waals surface area contributed by atoms with Gasteiger partial charge < -0.3 is 10.2 Å². The molecule has 1 saturated heterocycles. The van der Waals surface area contributed by atoms with Crippen LogP contribution >= 0.6 is 23.2 Å². The van der Waals surface area contributed by atoms with Gasteiger partial charge in [-0.05, 0) is 51.3 Å². The molecule has 0 spiro atoms. The first kappa shape index (κ1) is 15.5. The van der Waals surface area contributed by atoms with E-state index in [4.69, 9.17) is 23.2 Å². The number of carbonyl (C=O) groups excluding carboxylic acids is 1. The fourth-order valence-corrected chi connectivity index (χ4v) is 3.16. The first-order valence-corrected chi connectivity index (χ1v) is 7.74. The van der Waals surface area contributed by atoms with E-state index in [2.05, 4.69) is 19.2 Å². The third-order valence-corrected chi connectivity index (χ3v) is 4.40. The molecule has 0 aliphatic carbocycles. The number of halogens is 2. The van der Waals surface area contributed by atoms with Crippen LogP contribution in [0.2, 0.25) is 10.0 Å². The number of benzene rings is 1. The van der Waals surface area contributed by atoms with Gasteiger partial charge in [-0.25, -0.2) is 0 Å². The highest BCUT2D eigenvalue weighted by atomic mass is 35.5. The molecule has 0 radical (unpaired) electrons. The Morgan fingerprint density at radius 3 is 2.60 bits per heavy atom. The smallest absolute Gasteiger partial charge is 0.242 e. The minimum atomic E-state index is 0.112. The second-order valence-corrected chi connectivity index (χ2v) is 6.25. The number of piperidine rings is 1. The van der Waals surface area contributed by atoms with Crippen LogP contribution in [-0.2, 0) is 4.79 Å². The van der Waals surface area contributed by atoms with Gasteiger partial charge in [-0.2, -0.15) is 0 Å². The average molecular weight is 315 g/mol. The molecule has 1 aromatic carbocycles. The molecule has 0 bridgehead atoms. The lowest BCUT2D eigenvalue weighted by Gasteiger charge is -2.39. The first-order chi connectivity index (χ1) is 9.49. The second kappa shape index (κ2) is 6.68. The minimum absolute atomic E-state index is 0.112. The standard InChI is InChI=1S/C15H20Cl2N2O/c1-10-4-3-5-11(2)19(10)15(20)9-18-14-8-12(16)6-7-13(14)17/h6-8,10-11,18H,3-5,9H2,1-2H3. The molecule has 110 valence electrons. The number of amides is 1. The number of hydrogen-bond acceptors (Lipinski definition) is 2. The Kier molecular flexibility index (Phi) is 5.17. The van der Waals surface area contributed by atoms with Crippen LogP contribution in [0.4, 0.5) is 5.69 Å². The third-order valence-electron chi connectivity index (χ3n) is 3.84. The number of likely N-dealkylation sites (tertiary alicyclic amines) is 1. The van der Waals surface area contributed by atoms with Gasteiger partial charge in [0.15, 0.2) is 0 Å². The fraction of sp³-hybridized carbons (Fsp3) is 0.533. The normalized spacial score (nSPS) is 22.7. The Morgan fingerprint density at radius 1 is 1.30 bits per heavy atom. The maximum absolute atomic E-state index is 12.4. The molecule has 1 heterocycles. The zero-order chi connectivity index (χ0) is 14.7. The van der Waals surface area contributed by atoms with Crippen molar-refractivity contribution in [3.63, 3.8) is 0 Å². The number of nitrogens with zero attached hydrogens (tertiary/aromatic N) is 1. The molecule has 1 aromatic rings. The molecule has 1 amide bonds. The van der Waals surface area contributed by atoms with Crippen LogP contribution < -0.4 is 5.32 Å². The Bertz CT molecular complexity index is 483. The van der Waals surface area contributed by atoms with Gasteiger partial charge in [0, 0.05) is 17.1 Å². The molecule has 0 aromatic heterocycles. The summed E-state index contributed by atoms with van der Waals surface area (Å²) in [5.74, 6) is 0.112. The first-order valence-electron chi connectivity index (χ1n) is 6.99. The Hall–Kier alpha value is -0.930. The van der Waals surface area contributed by atoms with Gasteiger partial charge in [-0.3, -0.25) is 4.79 Å². The molecule has 2 unspecified atom stereocenters. The van der Waals surface area contributed by atoms with Gasteiger partial charge in [-0.15, -0.1) is 0 Å². The number of anilines is 1. The van der Waals surface area contributed by atoms with E-state index in [9.17, 15) is 4.79 Å². The lowest BCUT2D eigenvalue weighted by Crippen LogP contribution is -2.49. The largest absolute Gasteiger partial charge is 0.375 e. The quantitative estimate of drug-likeness (QED) is 0.907. The molecule has 2 atom stereocenters. The van der Waals surface area contributed by atoms with E-state index in [1.165, 1.54) is 6.42 Å². The molecule has 1 aliphatic heterocycles. The Balaban J connectivity index is 1.99. The summed E-state index contributed by atoms with van der Waals surface area (Å²) < 4.78 is 0. The zero-order valence-corrected chi connectivity index (χ0v) is 13.3. The van der Waals surface area contributed by atoms with Crippen molar-refractivity contribution in [3.05, 3.63) is 28.2 Å². The summed E-state index contributed by atoms with van der Waals surface area (Å²) in [5.41, 5.74) is 0.699. The van der Waals surface area contributed by atoms with Crippen molar-refractivity contribution >= 4 is 34.8 Å². The summed E-state index contributed by atoms with van der Waals surface area (Å²) in [7, 11) is 0. The van der Waals surface area contributed by atoms with Gasteiger partial charge in [0.25, 0.3) is 0 Å². The van der Waals surface area contributed by atoms with Gasteiger partial charge >= 0.3 is 0 Å². The van der Waals surface area contributed by atoms with Crippen LogP contribution in [0.3, 0.4) is 0 Å². The predicted octanol–water partition coefficient (Wildman–Crippen LogP) is 4.19. The zero-order valence-electron chi connectivity index (χ0n) is 11.8. The third kappa shape index (κ3) is 3.58. The molecule has 1 N–H and O–H groups in total. The highest BCUT2D eigenvalue weighted by Crippen LogP contribution is 2.26. The second-order valence-electron chi connectivity index (χ2n) is 5.41.